The van der Waals surface area contributed by atoms with E-state index in [1.807, 2.05) is 6.08 Å². The number of hydrogen-bond donors (Lipinski definition) is 4. The van der Waals surface area contributed by atoms with Gasteiger partial charge in [-0.15, -0.1) is 0 Å². The summed E-state index contributed by atoms with van der Waals surface area (Å²) < 4.78 is 0. The molecule has 0 aromatic carbocycles. The fourth-order valence-electron chi connectivity index (χ4n) is 4.06. The highest BCUT2D eigenvalue weighted by molar-refractivity contribution is 5.80. The Kier molecular flexibility index (Phi) is 23.6. The molecule has 3 unspecified atom stereocenters. The van der Waals surface area contributed by atoms with Crippen LogP contribution in [-0.2, 0) is 4.79 Å². The molecule has 0 saturated carbocycles. The van der Waals surface area contributed by atoms with E-state index in [0.29, 0.717) is 6.42 Å². The van der Waals surface area contributed by atoms with Gasteiger partial charge in [-0.1, -0.05) is 129 Å². The molecule has 0 heterocycles. The third kappa shape index (κ3) is 20.2. The quantitative estimate of drug-likeness (QED) is 0.100. The topological polar surface area (TPSA) is 89.8 Å². The van der Waals surface area contributed by atoms with Crippen LogP contribution >= 0.6 is 0 Å². The van der Waals surface area contributed by atoms with Gasteiger partial charge < -0.3 is 20.6 Å². The van der Waals surface area contributed by atoms with Crippen molar-refractivity contribution in [2.75, 3.05) is 6.61 Å². The van der Waals surface area contributed by atoms with Crippen molar-refractivity contribution in [3.63, 3.8) is 0 Å². The number of hydrogen-bond acceptors (Lipinski definition) is 4. The molecule has 0 aromatic rings. The lowest BCUT2D eigenvalue weighted by Gasteiger charge is -2.21. The number of aliphatic hydroxyl groups excluding tert-OH is 3. The molecule has 0 aromatic heterocycles. The van der Waals surface area contributed by atoms with E-state index in [9.17, 15) is 20.1 Å². The summed E-state index contributed by atoms with van der Waals surface area (Å²) in [5.74, 6) is -0.511. The van der Waals surface area contributed by atoms with Crippen LogP contribution in [0.1, 0.15) is 136 Å². The number of amides is 1. The highest BCUT2D eigenvalue weighted by Crippen LogP contribution is 2.12. The maximum absolute atomic E-state index is 12.2. The van der Waals surface area contributed by atoms with Crippen molar-refractivity contribution >= 4 is 5.91 Å². The first-order valence-corrected chi connectivity index (χ1v) is 14.0. The summed E-state index contributed by atoms with van der Waals surface area (Å²) in [6.07, 6.45) is 23.7. The predicted molar refractivity (Wildman–Crippen MR) is 139 cm³/mol. The Balaban J connectivity index is 3.88. The summed E-state index contributed by atoms with van der Waals surface area (Å²) in [5.41, 5.74) is 0. The van der Waals surface area contributed by atoms with Gasteiger partial charge in [0.05, 0.1) is 18.8 Å². The summed E-state index contributed by atoms with van der Waals surface area (Å²) >= 11 is 0. The van der Waals surface area contributed by atoms with Gasteiger partial charge in [-0.2, -0.15) is 0 Å². The number of carbonyl (C=O) groups is 1. The van der Waals surface area contributed by atoms with Gasteiger partial charge in [-0.3, -0.25) is 4.79 Å². The van der Waals surface area contributed by atoms with Crippen molar-refractivity contribution in [1.82, 2.24) is 5.32 Å². The highest BCUT2D eigenvalue weighted by atomic mass is 16.3. The molecule has 0 rings (SSSR count). The summed E-state index contributed by atoms with van der Waals surface area (Å²) in [6.45, 7) is 4.09. The number of allylic oxidation sites excluding steroid dienone is 1. The molecule has 0 spiro atoms. The van der Waals surface area contributed by atoms with Crippen LogP contribution in [0.25, 0.3) is 0 Å². The van der Waals surface area contributed by atoms with E-state index in [1.54, 1.807) is 6.08 Å². The van der Waals surface area contributed by atoms with Gasteiger partial charge in [0.2, 0.25) is 5.91 Å². The summed E-state index contributed by atoms with van der Waals surface area (Å²) in [7, 11) is 0. The number of carbonyl (C=O) groups excluding carboxylic acids is 1. The predicted octanol–water partition coefficient (Wildman–Crippen LogP) is 6.19. The first kappa shape index (κ1) is 32.1. The number of rotatable bonds is 24. The van der Waals surface area contributed by atoms with Gasteiger partial charge in [0.1, 0.15) is 6.10 Å². The van der Waals surface area contributed by atoms with Gasteiger partial charge in [0.15, 0.2) is 0 Å². The monoisotopic (exact) mass is 469 g/mol. The van der Waals surface area contributed by atoms with E-state index >= 15 is 0 Å². The fraction of sp³-hybridized carbons (Fsp3) is 0.893. The molecule has 3 atom stereocenters. The van der Waals surface area contributed by atoms with Crippen molar-refractivity contribution in [3.05, 3.63) is 12.2 Å². The van der Waals surface area contributed by atoms with Crippen LogP contribution in [0.2, 0.25) is 0 Å². The Hall–Kier alpha value is -0.910. The molecule has 0 saturated heterocycles. The molecule has 4 N–H and O–H groups in total. The smallest absolute Gasteiger partial charge is 0.249 e. The second-order valence-electron chi connectivity index (χ2n) is 9.61. The largest absolute Gasteiger partial charge is 0.394 e. The van der Waals surface area contributed by atoms with E-state index < -0.39 is 24.2 Å². The lowest BCUT2D eigenvalue weighted by atomic mass is 10.0. The average molecular weight is 470 g/mol. The Morgan fingerprint density at radius 1 is 0.727 bits per heavy atom. The molecular formula is C28H55NO4. The average Bonchev–Trinajstić information content (AvgIpc) is 2.82. The van der Waals surface area contributed by atoms with Gasteiger partial charge in [0.25, 0.3) is 0 Å². The van der Waals surface area contributed by atoms with Crippen molar-refractivity contribution in [1.29, 1.82) is 0 Å². The second kappa shape index (κ2) is 24.2. The Bertz CT molecular complexity index is 455. The lowest BCUT2D eigenvalue weighted by molar-refractivity contribution is -0.131. The van der Waals surface area contributed by atoms with Gasteiger partial charge in [-0.25, -0.2) is 0 Å². The summed E-state index contributed by atoms with van der Waals surface area (Å²) in [4.78, 5) is 12.2. The minimum Gasteiger partial charge on any atom is -0.394 e. The molecule has 0 aliphatic rings. The standard InChI is InChI=1S/C28H55NO4/c1-3-5-7-9-11-13-14-15-17-18-20-22-26(31)25(24-30)29-28(33)27(32)23-21-19-16-12-10-8-6-4-2/h20,22,25-27,30-32H,3-19,21,23-24H2,1-2H3,(H,29,33)/b22-20+. The van der Waals surface area contributed by atoms with Crippen LogP contribution in [0.15, 0.2) is 12.2 Å². The van der Waals surface area contributed by atoms with Gasteiger partial charge in [-0.05, 0) is 19.3 Å². The van der Waals surface area contributed by atoms with Crippen molar-refractivity contribution in [3.8, 4) is 0 Å². The molecule has 0 aliphatic carbocycles. The fourth-order valence-corrected chi connectivity index (χ4v) is 4.06. The summed E-state index contributed by atoms with van der Waals surface area (Å²) in [6, 6.07) is -0.787. The SMILES string of the molecule is CCCCCCCCCCC/C=C/C(O)C(CO)NC(=O)C(O)CCCCCCCCCC. The van der Waals surface area contributed by atoms with Crippen LogP contribution in [0.3, 0.4) is 0 Å². The molecular weight excluding hydrogens is 414 g/mol. The number of aliphatic hydroxyl groups is 3. The van der Waals surface area contributed by atoms with E-state index in [-0.39, 0.29) is 6.61 Å². The van der Waals surface area contributed by atoms with Crippen molar-refractivity contribution in [2.24, 2.45) is 0 Å². The normalized spacial score (nSPS) is 14.5. The van der Waals surface area contributed by atoms with Crippen LogP contribution in [0, 0.1) is 0 Å². The molecule has 5 nitrogen and oxygen atoms in total. The molecule has 0 bridgehead atoms. The van der Waals surface area contributed by atoms with E-state index in [1.165, 1.54) is 83.5 Å². The molecule has 196 valence electrons. The summed E-state index contributed by atoms with van der Waals surface area (Å²) in [5, 5.41) is 32.5. The lowest BCUT2D eigenvalue weighted by Crippen LogP contribution is -2.48. The van der Waals surface area contributed by atoms with Crippen LogP contribution in [0.4, 0.5) is 0 Å². The molecule has 33 heavy (non-hydrogen) atoms. The van der Waals surface area contributed by atoms with Crippen molar-refractivity contribution in [2.45, 2.75) is 154 Å². The van der Waals surface area contributed by atoms with Crippen LogP contribution in [-0.4, -0.2) is 46.1 Å². The molecule has 5 heteroatoms. The second-order valence-corrected chi connectivity index (χ2v) is 9.61. The Morgan fingerprint density at radius 3 is 1.67 bits per heavy atom. The minimum absolute atomic E-state index is 0.361. The van der Waals surface area contributed by atoms with E-state index in [4.69, 9.17) is 0 Å². The first-order valence-electron chi connectivity index (χ1n) is 14.0. The molecule has 0 radical (unpaired) electrons. The Labute approximate surface area is 204 Å². The molecule has 0 aliphatic heterocycles. The number of nitrogens with one attached hydrogen (secondary N) is 1. The first-order chi connectivity index (χ1) is 16.1. The van der Waals surface area contributed by atoms with E-state index in [0.717, 1.165) is 32.1 Å². The highest BCUT2D eigenvalue weighted by Gasteiger charge is 2.22. The van der Waals surface area contributed by atoms with Gasteiger partial charge >= 0.3 is 0 Å². The van der Waals surface area contributed by atoms with Crippen LogP contribution in [0.5, 0.6) is 0 Å². The Morgan fingerprint density at radius 2 is 1.18 bits per heavy atom. The van der Waals surface area contributed by atoms with E-state index in [2.05, 4.69) is 19.2 Å². The maximum Gasteiger partial charge on any atom is 0.249 e. The minimum atomic E-state index is -1.09. The third-order valence-electron chi connectivity index (χ3n) is 6.38. The maximum atomic E-state index is 12.2. The zero-order valence-electron chi connectivity index (χ0n) is 21.8. The zero-order valence-corrected chi connectivity index (χ0v) is 21.8. The zero-order chi connectivity index (χ0) is 24.6. The number of unbranched alkanes of at least 4 members (excludes halogenated alkanes) is 16. The third-order valence-corrected chi connectivity index (χ3v) is 6.38. The van der Waals surface area contributed by atoms with Gasteiger partial charge in [0, 0.05) is 0 Å². The molecule has 0 fully saturated rings. The van der Waals surface area contributed by atoms with Crippen molar-refractivity contribution < 1.29 is 20.1 Å². The molecule has 1 amide bonds. The van der Waals surface area contributed by atoms with Crippen LogP contribution < -0.4 is 5.32 Å².